The van der Waals surface area contributed by atoms with E-state index in [1.807, 2.05) is 0 Å². The predicted octanol–water partition coefficient (Wildman–Crippen LogP) is -6.04. The molecule has 2 fully saturated rings. The maximum atomic E-state index is 11.3. The number of ether oxygens (including phenoxy) is 3. The molecule has 0 bridgehead atoms. The van der Waals surface area contributed by atoms with Gasteiger partial charge in [0.25, 0.3) is 10.1 Å². The Balaban J connectivity index is 2.35. The lowest BCUT2D eigenvalue weighted by Gasteiger charge is -2.47. The van der Waals surface area contributed by atoms with Gasteiger partial charge in [-0.2, -0.15) is 8.42 Å². The summed E-state index contributed by atoms with van der Waals surface area (Å²) in [5, 5.41) is 71.4. The molecule has 0 saturated carbocycles. The van der Waals surface area contributed by atoms with Gasteiger partial charge in [-0.15, -0.1) is 0 Å². The molecule has 2 aliphatic heterocycles. The van der Waals surface area contributed by atoms with E-state index in [-0.39, 0.29) is 0 Å². The molecule has 0 spiro atoms. The smallest absolute Gasteiger partial charge is 0.294 e. The number of carbonyl (C=O) groups excluding carboxylic acids is 1. The number of aliphatic hydroxyl groups is 7. The zero-order valence-corrected chi connectivity index (χ0v) is 16.3. The largest absolute Gasteiger partial charge is 0.394 e. The molecule has 0 aromatic heterocycles. The van der Waals surface area contributed by atoms with E-state index in [9.17, 15) is 49.0 Å². The van der Waals surface area contributed by atoms with Crippen molar-refractivity contribution in [3.05, 3.63) is 0 Å². The van der Waals surface area contributed by atoms with Gasteiger partial charge < -0.3 is 55.3 Å². The van der Waals surface area contributed by atoms with Crippen molar-refractivity contribution in [3.63, 3.8) is 0 Å². The molecule has 0 radical (unpaired) electrons. The van der Waals surface area contributed by atoms with Crippen molar-refractivity contribution in [3.8, 4) is 0 Å². The van der Waals surface area contributed by atoms with Gasteiger partial charge >= 0.3 is 0 Å². The minimum Gasteiger partial charge on any atom is -0.394 e. The molecule has 2 rings (SSSR count). The van der Waals surface area contributed by atoms with Crippen molar-refractivity contribution in [2.45, 2.75) is 73.7 Å². The maximum Gasteiger partial charge on any atom is 0.294 e. The molecule has 2 heterocycles. The van der Waals surface area contributed by atoms with Crippen molar-refractivity contribution in [2.75, 3.05) is 6.61 Å². The molecule has 9 N–H and O–H groups in total. The summed E-state index contributed by atoms with van der Waals surface area (Å²) in [5.41, 5.74) is -2.74. The van der Waals surface area contributed by atoms with Crippen molar-refractivity contribution < 1.29 is 67.7 Å². The summed E-state index contributed by atoms with van der Waals surface area (Å²) < 4.78 is 47.1. The lowest BCUT2D eigenvalue weighted by molar-refractivity contribution is -0.346. The predicted molar refractivity (Wildman–Crippen MR) is 90.7 cm³/mol. The quantitative estimate of drug-likeness (QED) is 0.166. The van der Waals surface area contributed by atoms with E-state index >= 15 is 0 Å². The van der Waals surface area contributed by atoms with Crippen molar-refractivity contribution in [1.29, 1.82) is 0 Å². The van der Waals surface area contributed by atoms with Gasteiger partial charge in [-0.25, -0.2) is 0 Å². The number of aliphatic hydroxyl groups excluding tert-OH is 7. The Morgan fingerprint density at radius 2 is 1.67 bits per heavy atom. The van der Waals surface area contributed by atoms with E-state index in [1.165, 1.54) is 0 Å². The van der Waals surface area contributed by atoms with E-state index in [4.69, 9.17) is 18.8 Å². The fraction of sp³-hybridized carbons (Fsp3) is 0.929. The molecule has 2 aliphatic rings. The zero-order chi connectivity index (χ0) is 23.0. The van der Waals surface area contributed by atoms with Crippen LogP contribution in [0.25, 0.3) is 0 Å². The summed E-state index contributed by atoms with van der Waals surface area (Å²) in [4.78, 5) is 11.3. The number of hydrogen-bond acceptors (Lipinski definition) is 13. The molecular formula is C14H25NO14S. The number of rotatable bonds is 6. The Bertz CT molecular complexity index is 703. The van der Waals surface area contributed by atoms with E-state index < -0.39 is 89.4 Å². The Hall–Kier alpha value is -1.02. The third-order valence-electron chi connectivity index (χ3n) is 4.73. The van der Waals surface area contributed by atoms with Crippen LogP contribution in [0.2, 0.25) is 0 Å². The number of carbonyl (C=O) groups is 1. The lowest BCUT2D eigenvalue weighted by atomic mass is 9.95. The molecule has 176 valence electrons. The minimum absolute atomic E-state index is 0.734. The van der Waals surface area contributed by atoms with Crippen LogP contribution in [0.5, 0.6) is 0 Å². The van der Waals surface area contributed by atoms with Gasteiger partial charge in [-0.05, 0) is 0 Å². The summed E-state index contributed by atoms with van der Waals surface area (Å²) in [6, 6.07) is -1.60. The minimum atomic E-state index is -5.20. The van der Waals surface area contributed by atoms with E-state index in [0.717, 1.165) is 6.92 Å². The molecule has 15 nitrogen and oxygen atoms in total. The third-order valence-corrected chi connectivity index (χ3v) is 5.61. The highest BCUT2D eigenvalue weighted by atomic mass is 32.2. The second kappa shape index (κ2) is 9.63. The van der Waals surface area contributed by atoms with Crippen LogP contribution in [0.15, 0.2) is 0 Å². The average molecular weight is 463 g/mol. The normalized spacial score (nSPS) is 43.8. The molecule has 11 atom stereocenters. The van der Waals surface area contributed by atoms with Crippen LogP contribution in [-0.4, -0.2) is 128 Å². The van der Waals surface area contributed by atoms with Crippen LogP contribution in [0.4, 0.5) is 0 Å². The summed E-state index contributed by atoms with van der Waals surface area (Å²) in [5.74, 6) is -0.734. The van der Waals surface area contributed by atoms with Crippen LogP contribution in [0.3, 0.4) is 0 Å². The molecule has 2 saturated heterocycles. The summed E-state index contributed by atoms with van der Waals surface area (Å²) in [7, 11) is -5.20. The van der Waals surface area contributed by atoms with Gasteiger partial charge in [0.1, 0.15) is 48.8 Å². The van der Waals surface area contributed by atoms with Gasteiger partial charge in [0.15, 0.2) is 12.6 Å². The first kappa shape index (κ1) is 25.2. The number of nitrogens with one attached hydrogen (secondary N) is 1. The monoisotopic (exact) mass is 463 g/mol. The first-order valence-corrected chi connectivity index (χ1v) is 10.2. The Morgan fingerprint density at radius 3 is 2.17 bits per heavy atom. The Kier molecular flexibility index (Phi) is 8.11. The zero-order valence-electron chi connectivity index (χ0n) is 15.5. The highest BCUT2D eigenvalue weighted by molar-refractivity contribution is 7.86. The summed E-state index contributed by atoms with van der Waals surface area (Å²) in [6.45, 7) is 0.213. The summed E-state index contributed by atoms with van der Waals surface area (Å²) >= 11 is 0. The second-order valence-electron chi connectivity index (χ2n) is 6.91. The molecule has 16 heteroatoms. The van der Waals surface area contributed by atoms with Crippen LogP contribution >= 0.6 is 0 Å². The van der Waals surface area contributed by atoms with Crippen LogP contribution in [0, 0.1) is 0 Å². The SMILES string of the molecule is CC(=O)N[C@H]1C(O)O[C@H](C(O)S(=O)(=O)O)[C@@H](O[C@@H]2O[C@H](CO)[C@H](O)[C@H](O)[C@H]2O)[C@@H]1O. The van der Waals surface area contributed by atoms with Gasteiger partial charge in [0, 0.05) is 6.92 Å². The Morgan fingerprint density at radius 1 is 1.07 bits per heavy atom. The average Bonchev–Trinajstić information content (AvgIpc) is 2.65. The van der Waals surface area contributed by atoms with Crippen LogP contribution < -0.4 is 5.32 Å². The van der Waals surface area contributed by atoms with E-state index in [0.29, 0.717) is 0 Å². The van der Waals surface area contributed by atoms with Gasteiger partial charge in [0.2, 0.25) is 11.3 Å². The van der Waals surface area contributed by atoms with E-state index in [1.54, 1.807) is 0 Å². The fourth-order valence-corrected chi connectivity index (χ4v) is 3.73. The molecular weight excluding hydrogens is 438 g/mol. The van der Waals surface area contributed by atoms with Crippen molar-refractivity contribution in [1.82, 2.24) is 5.32 Å². The standard InChI is InChI=1S/C14H25NO14S/c1-3(17)15-5-7(19)10(11(28-12(5)22)13(23)30(24,25)26)29-14-9(21)8(20)6(18)4(2-16)27-14/h4-14,16,18-23H,2H2,1H3,(H,15,17)(H,24,25,26)/t4-,5-,6+,7-,8+,9-,10+,11+,12?,13?,14+/m1/s1. The van der Waals surface area contributed by atoms with Gasteiger partial charge in [-0.3, -0.25) is 9.35 Å². The van der Waals surface area contributed by atoms with Crippen LogP contribution in [-0.2, 0) is 29.1 Å². The third kappa shape index (κ3) is 5.23. The Labute approximate surface area is 170 Å². The number of hydrogen-bond donors (Lipinski definition) is 9. The van der Waals surface area contributed by atoms with Gasteiger partial charge in [0.05, 0.1) is 6.61 Å². The molecule has 0 aliphatic carbocycles. The first-order valence-electron chi connectivity index (χ1n) is 8.68. The lowest BCUT2D eigenvalue weighted by Crippen LogP contribution is -2.68. The highest BCUT2D eigenvalue weighted by Gasteiger charge is 2.54. The second-order valence-corrected chi connectivity index (χ2v) is 8.42. The topological polar surface area (TPSA) is 253 Å². The first-order chi connectivity index (χ1) is 13.8. The molecule has 30 heavy (non-hydrogen) atoms. The van der Waals surface area contributed by atoms with Crippen molar-refractivity contribution in [2.24, 2.45) is 0 Å². The highest BCUT2D eigenvalue weighted by Crippen LogP contribution is 2.30. The van der Waals surface area contributed by atoms with Crippen LogP contribution in [0.1, 0.15) is 6.92 Å². The molecule has 1 amide bonds. The maximum absolute atomic E-state index is 11.3. The number of amides is 1. The molecule has 0 aromatic rings. The van der Waals surface area contributed by atoms with Crippen molar-refractivity contribution >= 4 is 16.0 Å². The van der Waals surface area contributed by atoms with Gasteiger partial charge in [-0.1, -0.05) is 0 Å². The van der Waals surface area contributed by atoms with E-state index in [2.05, 4.69) is 5.32 Å². The molecule has 2 unspecified atom stereocenters. The fourth-order valence-electron chi connectivity index (χ4n) is 3.17. The molecule has 0 aromatic carbocycles. The summed E-state index contributed by atoms with van der Waals surface area (Å²) in [6.07, 6.45) is -17.1.